The summed E-state index contributed by atoms with van der Waals surface area (Å²) < 4.78 is 34.1. The van der Waals surface area contributed by atoms with Crippen molar-refractivity contribution >= 4 is 11.7 Å². The summed E-state index contributed by atoms with van der Waals surface area (Å²) in [7, 11) is 0. The average Bonchev–Trinajstić information content (AvgIpc) is 2.76. The summed E-state index contributed by atoms with van der Waals surface area (Å²) in [5.41, 5.74) is 7.36. The Morgan fingerprint density at radius 3 is 2.57 bits per heavy atom. The molecule has 2 aliphatic rings. The van der Waals surface area contributed by atoms with Gasteiger partial charge in [-0.05, 0) is 40.0 Å². The van der Waals surface area contributed by atoms with Crippen molar-refractivity contribution in [1.29, 1.82) is 0 Å². The highest BCUT2D eigenvalue weighted by atomic mass is 19.3. The van der Waals surface area contributed by atoms with Crippen LogP contribution < -0.4 is 0 Å². The van der Waals surface area contributed by atoms with Crippen molar-refractivity contribution in [3.8, 4) is 0 Å². The van der Waals surface area contributed by atoms with Gasteiger partial charge in [-0.15, -0.1) is 0 Å². The molecule has 6 heteroatoms. The van der Waals surface area contributed by atoms with Gasteiger partial charge < -0.3 is 10.3 Å². The summed E-state index contributed by atoms with van der Waals surface area (Å²) in [4.78, 5) is 15.3. The van der Waals surface area contributed by atoms with Crippen LogP contribution >= 0.6 is 0 Å². The number of esters is 1. The highest BCUT2D eigenvalue weighted by Crippen LogP contribution is 2.57. The largest absolute Gasteiger partial charge is 0.460 e. The number of rotatable bonds is 1. The molecule has 21 heavy (non-hydrogen) atoms. The first-order valence-electron chi connectivity index (χ1n) is 7.39. The number of ether oxygens (including phenoxy) is 1. The van der Waals surface area contributed by atoms with Gasteiger partial charge in [0.2, 0.25) is 0 Å². The van der Waals surface area contributed by atoms with Gasteiger partial charge in [-0.25, -0.2) is 8.78 Å². The molecule has 0 aromatic heterocycles. The molecule has 0 N–H and O–H groups in total. The second kappa shape index (κ2) is 5.16. The first-order valence-corrected chi connectivity index (χ1v) is 7.39. The number of carbonyl (C=O) groups is 1. The van der Waals surface area contributed by atoms with E-state index in [1.807, 2.05) is 0 Å². The van der Waals surface area contributed by atoms with Gasteiger partial charge in [-0.2, -0.15) is 4.79 Å². The molecular formula is C15H22F2N2O2. The van der Waals surface area contributed by atoms with Crippen LogP contribution in [0.25, 0.3) is 5.53 Å². The summed E-state index contributed by atoms with van der Waals surface area (Å²) in [6.45, 7) is 5.30. The molecule has 1 spiro atoms. The minimum atomic E-state index is -2.82. The van der Waals surface area contributed by atoms with Crippen LogP contribution in [0.1, 0.15) is 59.3 Å². The third kappa shape index (κ3) is 3.15. The summed E-state index contributed by atoms with van der Waals surface area (Å²) in [6, 6.07) is 0. The summed E-state index contributed by atoms with van der Waals surface area (Å²) in [5.74, 6) is -3.72. The Kier molecular flexibility index (Phi) is 3.96. The summed E-state index contributed by atoms with van der Waals surface area (Å²) in [5, 5.41) is 0. The fourth-order valence-electron chi connectivity index (χ4n) is 3.45. The molecule has 0 aromatic carbocycles. The molecule has 0 aliphatic heterocycles. The molecule has 0 aromatic rings. The molecule has 0 radical (unpaired) electrons. The van der Waals surface area contributed by atoms with Crippen LogP contribution in [0.3, 0.4) is 0 Å². The quantitative estimate of drug-likeness (QED) is 0.422. The van der Waals surface area contributed by atoms with Gasteiger partial charge in [-0.1, -0.05) is 0 Å². The van der Waals surface area contributed by atoms with Gasteiger partial charge in [0.1, 0.15) is 5.60 Å². The van der Waals surface area contributed by atoms with E-state index in [0.717, 1.165) is 0 Å². The Morgan fingerprint density at radius 2 is 2.05 bits per heavy atom. The number of hydrogen-bond acceptors (Lipinski definition) is 2. The normalized spacial score (nSPS) is 32.0. The molecule has 0 saturated heterocycles. The molecule has 0 heterocycles. The minimum absolute atomic E-state index is 0.0653. The second-order valence-electron chi connectivity index (χ2n) is 7.30. The van der Waals surface area contributed by atoms with Crippen LogP contribution in [0.4, 0.5) is 8.78 Å². The fourth-order valence-corrected chi connectivity index (χ4v) is 3.45. The van der Waals surface area contributed by atoms with Crippen molar-refractivity contribution in [2.45, 2.75) is 70.8 Å². The van der Waals surface area contributed by atoms with Gasteiger partial charge in [0.25, 0.3) is 11.6 Å². The molecule has 2 atom stereocenters. The molecule has 2 rings (SSSR count). The van der Waals surface area contributed by atoms with E-state index in [1.165, 1.54) is 0 Å². The van der Waals surface area contributed by atoms with Crippen molar-refractivity contribution in [1.82, 2.24) is 0 Å². The van der Waals surface area contributed by atoms with Crippen LogP contribution in [0.5, 0.6) is 0 Å². The van der Waals surface area contributed by atoms with Gasteiger partial charge in [0, 0.05) is 18.3 Å². The van der Waals surface area contributed by atoms with Gasteiger partial charge >= 0.3 is 5.97 Å². The first kappa shape index (κ1) is 16.1. The summed E-state index contributed by atoms with van der Waals surface area (Å²) in [6.07, 6.45) is 0.639. The molecule has 2 unspecified atom stereocenters. The van der Waals surface area contributed by atoms with Crippen molar-refractivity contribution < 1.29 is 23.1 Å². The van der Waals surface area contributed by atoms with E-state index in [4.69, 9.17) is 10.3 Å². The number of carbonyl (C=O) groups excluding carboxylic acids is 1. The van der Waals surface area contributed by atoms with Crippen LogP contribution in [0.15, 0.2) is 0 Å². The monoisotopic (exact) mass is 300 g/mol. The number of alkyl halides is 2. The second-order valence-corrected chi connectivity index (χ2v) is 7.30. The van der Waals surface area contributed by atoms with E-state index >= 15 is 0 Å². The Balaban J connectivity index is 2.17. The fraction of sp³-hybridized carbons (Fsp3) is 0.867. The zero-order valence-corrected chi connectivity index (χ0v) is 12.8. The zero-order chi connectivity index (χ0) is 15.9. The third-order valence-electron chi connectivity index (χ3n) is 4.54. The van der Waals surface area contributed by atoms with E-state index in [9.17, 15) is 13.6 Å². The van der Waals surface area contributed by atoms with Crippen LogP contribution in [-0.4, -0.2) is 28.0 Å². The Morgan fingerprint density at radius 1 is 1.38 bits per heavy atom. The SMILES string of the molecule is CC(C)(C)OC(=O)C1CCC(F)(F)C2(CCC(=[N+]=[N-])C2)C1. The molecule has 0 amide bonds. The predicted octanol–water partition coefficient (Wildman–Crippen LogP) is 3.60. The first-order chi connectivity index (χ1) is 9.59. The van der Waals surface area contributed by atoms with Crippen LogP contribution in [0, 0.1) is 11.3 Å². The molecule has 2 fully saturated rings. The molecule has 0 bridgehead atoms. The molecule has 4 nitrogen and oxygen atoms in total. The number of hydrogen-bond donors (Lipinski definition) is 0. The Bertz CT molecular complexity index is 492. The van der Waals surface area contributed by atoms with Crippen LogP contribution in [0.2, 0.25) is 0 Å². The molecule has 118 valence electrons. The van der Waals surface area contributed by atoms with Crippen molar-refractivity contribution in [2.24, 2.45) is 11.3 Å². The lowest BCUT2D eigenvalue weighted by molar-refractivity contribution is -0.182. The highest BCUT2D eigenvalue weighted by Gasteiger charge is 2.61. The van der Waals surface area contributed by atoms with E-state index in [0.29, 0.717) is 12.1 Å². The minimum Gasteiger partial charge on any atom is -0.460 e. The van der Waals surface area contributed by atoms with E-state index in [-0.39, 0.29) is 32.1 Å². The van der Waals surface area contributed by atoms with Crippen molar-refractivity contribution in [2.75, 3.05) is 0 Å². The van der Waals surface area contributed by atoms with E-state index < -0.39 is 28.8 Å². The smallest absolute Gasteiger partial charge is 0.309 e. The molecule has 2 aliphatic carbocycles. The summed E-state index contributed by atoms with van der Waals surface area (Å²) >= 11 is 0. The predicted molar refractivity (Wildman–Crippen MR) is 73.0 cm³/mol. The number of halogens is 2. The highest BCUT2D eigenvalue weighted by molar-refractivity contribution is 5.82. The number of nitrogens with zero attached hydrogens (tertiary/aromatic N) is 2. The van der Waals surface area contributed by atoms with E-state index in [2.05, 4.69) is 4.79 Å². The topological polar surface area (TPSA) is 62.7 Å². The van der Waals surface area contributed by atoms with Gasteiger partial charge in [0.05, 0.1) is 12.3 Å². The van der Waals surface area contributed by atoms with Crippen LogP contribution in [-0.2, 0) is 9.53 Å². The van der Waals surface area contributed by atoms with E-state index in [1.54, 1.807) is 20.8 Å². The van der Waals surface area contributed by atoms with Crippen molar-refractivity contribution in [3.63, 3.8) is 0 Å². The van der Waals surface area contributed by atoms with Gasteiger partial charge in [-0.3, -0.25) is 4.79 Å². The lowest BCUT2D eigenvalue weighted by atomic mass is 9.66. The molecule has 2 saturated carbocycles. The third-order valence-corrected chi connectivity index (χ3v) is 4.54. The average molecular weight is 300 g/mol. The maximum atomic E-state index is 14.4. The zero-order valence-electron chi connectivity index (χ0n) is 12.8. The van der Waals surface area contributed by atoms with Crippen molar-refractivity contribution in [3.05, 3.63) is 5.53 Å². The standard InChI is InChI=1S/C15H22F2N2O2/c1-13(2,3)21-12(20)10-4-7-15(16,17)14(8-10)6-5-11(9-14)19-18/h10H,4-9H2,1-3H3. The molecular weight excluding hydrogens is 278 g/mol. The lowest BCUT2D eigenvalue weighted by Gasteiger charge is -2.43. The Hall–Kier alpha value is -1.29. The Labute approximate surface area is 123 Å². The van der Waals surface area contributed by atoms with Gasteiger partial charge in [0.15, 0.2) is 0 Å². The maximum absolute atomic E-state index is 14.4. The maximum Gasteiger partial charge on any atom is 0.309 e. The lowest BCUT2D eigenvalue weighted by Crippen LogP contribution is -2.47.